The van der Waals surface area contributed by atoms with E-state index in [-0.39, 0.29) is 18.4 Å². The van der Waals surface area contributed by atoms with Gasteiger partial charge in [-0.3, -0.25) is 19.5 Å². The molecule has 29 heavy (non-hydrogen) atoms. The topological polar surface area (TPSA) is 53.5 Å². The first-order chi connectivity index (χ1) is 14.0. The number of halogens is 2. The number of likely N-dealkylation sites (tertiary alicyclic amines) is 1. The van der Waals surface area contributed by atoms with Gasteiger partial charge in [-0.2, -0.15) is 0 Å². The standard InChI is InChI=1S/C22H21Cl2N3O2/c1-14-7-10-26(11-8-14)20-19(17-6-5-15(23)12-18(17)24)21(28)27(22(20)29)13-16-4-2-3-9-25-16/h2-6,9,12,14H,7-8,10-11,13H2,1H3. The molecule has 0 aliphatic carbocycles. The van der Waals surface area contributed by atoms with E-state index in [0.717, 1.165) is 25.9 Å². The zero-order chi connectivity index (χ0) is 20.5. The number of hydrogen-bond acceptors (Lipinski definition) is 4. The third kappa shape index (κ3) is 3.89. The van der Waals surface area contributed by atoms with Crippen molar-refractivity contribution in [1.82, 2.24) is 14.8 Å². The van der Waals surface area contributed by atoms with Gasteiger partial charge < -0.3 is 4.90 Å². The predicted molar refractivity (Wildman–Crippen MR) is 113 cm³/mol. The Hall–Kier alpha value is -2.37. The van der Waals surface area contributed by atoms with Crippen LogP contribution in [0, 0.1) is 5.92 Å². The second kappa shape index (κ2) is 8.17. The number of benzene rings is 1. The minimum Gasteiger partial charge on any atom is -0.366 e. The molecule has 0 N–H and O–H groups in total. The first-order valence-electron chi connectivity index (χ1n) is 9.66. The van der Waals surface area contributed by atoms with E-state index in [4.69, 9.17) is 23.2 Å². The van der Waals surface area contributed by atoms with Crippen LogP contribution in [0.5, 0.6) is 0 Å². The molecule has 1 fully saturated rings. The second-order valence-electron chi connectivity index (χ2n) is 7.53. The van der Waals surface area contributed by atoms with Crippen LogP contribution in [0.15, 0.2) is 48.3 Å². The Balaban J connectivity index is 1.76. The summed E-state index contributed by atoms with van der Waals surface area (Å²) in [6.07, 6.45) is 3.61. The smallest absolute Gasteiger partial charge is 0.278 e. The molecule has 0 bridgehead atoms. The number of rotatable bonds is 4. The number of aromatic nitrogens is 1. The molecule has 1 aromatic carbocycles. The van der Waals surface area contributed by atoms with Crippen molar-refractivity contribution in [3.05, 3.63) is 69.6 Å². The molecule has 0 unspecified atom stereocenters. The summed E-state index contributed by atoms with van der Waals surface area (Å²) in [5.41, 5.74) is 1.97. The number of carbonyl (C=O) groups excluding carboxylic acids is 2. The fourth-order valence-corrected chi connectivity index (χ4v) is 4.32. The van der Waals surface area contributed by atoms with E-state index in [1.807, 2.05) is 11.0 Å². The maximum atomic E-state index is 13.4. The van der Waals surface area contributed by atoms with Gasteiger partial charge in [-0.15, -0.1) is 0 Å². The Morgan fingerprint density at radius 2 is 1.83 bits per heavy atom. The van der Waals surface area contributed by atoms with E-state index in [1.165, 1.54) is 4.90 Å². The summed E-state index contributed by atoms with van der Waals surface area (Å²) in [7, 11) is 0. The number of piperidine rings is 1. The molecule has 7 heteroatoms. The number of amides is 2. The van der Waals surface area contributed by atoms with Gasteiger partial charge in [0.05, 0.1) is 22.8 Å². The van der Waals surface area contributed by atoms with Crippen LogP contribution >= 0.6 is 23.2 Å². The van der Waals surface area contributed by atoms with Crippen molar-refractivity contribution >= 4 is 40.6 Å². The van der Waals surface area contributed by atoms with Crippen LogP contribution in [0.4, 0.5) is 0 Å². The van der Waals surface area contributed by atoms with Crippen LogP contribution < -0.4 is 0 Å². The normalized spacial score (nSPS) is 18.2. The molecule has 0 spiro atoms. The first-order valence-corrected chi connectivity index (χ1v) is 10.4. The van der Waals surface area contributed by atoms with Crippen LogP contribution in [-0.2, 0) is 16.1 Å². The van der Waals surface area contributed by atoms with E-state index in [2.05, 4.69) is 11.9 Å². The lowest BCUT2D eigenvalue weighted by molar-refractivity contribution is -0.138. The highest BCUT2D eigenvalue weighted by Gasteiger charge is 2.42. The highest BCUT2D eigenvalue weighted by molar-refractivity contribution is 6.41. The van der Waals surface area contributed by atoms with Crippen molar-refractivity contribution in [2.75, 3.05) is 13.1 Å². The van der Waals surface area contributed by atoms with E-state index >= 15 is 0 Å². The van der Waals surface area contributed by atoms with Gasteiger partial charge in [0.15, 0.2) is 0 Å². The zero-order valence-corrected chi connectivity index (χ0v) is 17.6. The van der Waals surface area contributed by atoms with Crippen LogP contribution in [0.25, 0.3) is 5.57 Å². The van der Waals surface area contributed by atoms with Crippen LogP contribution in [0.2, 0.25) is 10.0 Å². The average molecular weight is 430 g/mol. The Bertz CT molecular complexity index is 983. The molecule has 3 heterocycles. The molecule has 0 saturated carbocycles. The molecular formula is C22H21Cl2N3O2. The summed E-state index contributed by atoms with van der Waals surface area (Å²) in [5, 5.41) is 0.839. The summed E-state index contributed by atoms with van der Waals surface area (Å²) in [4.78, 5) is 34.3. The SMILES string of the molecule is CC1CCN(C2=C(c3ccc(Cl)cc3Cl)C(=O)N(Cc3ccccn3)C2=O)CC1. The van der Waals surface area contributed by atoms with E-state index in [0.29, 0.717) is 38.5 Å². The highest BCUT2D eigenvalue weighted by Crippen LogP contribution is 2.37. The van der Waals surface area contributed by atoms with Gasteiger partial charge >= 0.3 is 0 Å². The van der Waals surface area contributed by atoms with Crippen molar-refractivity contribution < 1.29 is 9.59 Å². The van der Waals surface area contributed by atoms with Gasteiger partial charge in [0.25, 0.3) is 11.8 Å². The molecule has 0 radical (unpaired) electrons. The molecule has 150 valence electrons. The number of nitrogens with zero attached hydrogens (tertiary/aromatic N) is 3. The first kappa shape index (κ1) is 19.9. The van der Waals surface area contributed by atoms with Crippen molar-refractivity contribution in [1.29, 1.82) is 0 Å². The summed E-state index contributed by atoms with van der Waals surface area (Å²) >= 11 is 12.5. The molecule has 0 atom stereocenters. The summed E-state index contributed by atoms with van der Waals surface area (Å²) in [6, 6.07) is 10.4. The zero-order valence-electron chi connectivity index (χ0n) is 16.1. The third-order valence-corrected chi connectivity index (χ3v) is 6.04. The third-order valence-electron chi connectivity index (χ3n) is 5.49. The minimum atomic E-state index is -0.349. The van der Waals surface area contributed by atoms with E-state index < -0.39 is 0 Å². The Kier molecular flexibility index (Phi) is 5.61. The minimum absolute atomic E-state index is 0.126. The van der Waals surface area contributed by atoms with Gasteiger partial charge in [-0.1, -0.05) is 42.3 Å². The molecule has 1 saturated heterocycles. The quantitative estimate of drug-likeness (QED) is 0.675. The summed E-state index contributed by atoms with van der Waals surface area (Å²) < 4.78 is 0. The fourth-order valence-electron chi connectivity index (χ4n) is 3.82. The fraction of sp³-hybridized carbons (Fsp3) is 0.318. The van der Waals surface area contributed by atoms with Gasteiger partial charge in [0.2, 0.25) is 0 Å². The molecule has 5 nitrogen and oxygen atoms in total. The Morgan fingerprint density at radius 1 is 1.07 bits per heavy atom. The number of imide groups is 1. The van der Waals surface area contributed by atoms with Crippen molar-refractivity contribution in [2.24, 2.45) is 5.92 Å². The van der Waals surface area contributed by atoms with E-state index in [9.17, 15) is 9.59 Å². The number of pyridine rings is 1. The number of carbonyl (C=O) groups is 2. The Labute approximate surface area is 179 Å². The van der Waals surface area contributed by atoms with Gasteiger partial charge in [-0.25, -0.2) is 0 Å². The highest BCUT2D eigenvalue weighted by atomic mass is 35.5. The van der Waals surface area contributed by atoms with Crippen molar-refractivity contribution in [3.63, 3.8) is 0 Å². The number of hydrogen-bond donors (Lipinski definition) is 0. The lowest BCUT2D eigenvalue weighted by Gasteiger charge is -2.32. The lowest BCUT2D eigenvalue weighted by atomic mass is 9.97. The Morgan fingerprint density at radius 3 is 2.48 bits per heavy atom. The molecule has 2 amide bonds. The van der Waals surface area contributed by atoms with Gasteiger partial charge in [-0.05, 0) is 43.0 Å². The second-order valence-corrected chi connectivity index (χ2v) is 8.38. The molecule has 2 aliphatic rings. The molecular weight excluding hydrogens is 409 g/mol. The van der Waals surface area contributed by atoms with Crippen LogP contribution in [0.3, 0.4) is 0 Å². The maximum Gasteiger partial charge on any atom is 0.278 e. The largest absolute Gasteiger partial charge is 0.366 e. The summed E-state index contributed by atoms with van der Waals surface area (Å²) in [5.74, 6) is -0.0408. The summed E-state index contributed by atoms with van der Waals surface area (Å²) in [6.45, 7) is 3.81. The monoisotopic (exact) mass is 429 g/mol. The average Bonchev–Trinajstić information content (AvgIpc) is 2.94. The van der Waals surface area contributed by atoms with Crippen LogP contribution in [-0.4, -0.2) is 39.7 Å². The van der Waals surface area contributed by atoms with Gasteiger partial charge in [0.1, 0.15) is 5.70 Å². The van der Waals surface area contributed by atoms with Crippen molar-refractivity contribution in [2.45, 2.75) is 26.3 Å². The molecule has 1 aromatic heterocycles. The van der Waals surface area contributed by atoms with Crippen LogP contribution in [0.1, 0.15) is 31.0 Å². The predicted octanol–water partition coefficient (Wildman–Crippen LogP) is 4.40. The van der Waals surface area contributed by atoms with Gasteiger partial charge in [0, 0.05) is 29.9 Å². The molecule has 2 aliphatic heterocycles. The lowest BCUT2D eigenvalue weighted by Crippen LogP contribution is -2.38. The van der Waals surface area contributed by atoms with Crippen molar-refractivity contribution in [3.8, 4) is 0 Å². The maximum absolute atomic E-state index is 13.4. The van der Waals surface area contributed by atoms with E-state index in [1.54, 1.807) is 36.5 Å². The molecule has 2 aromatic rings. The molecule has 4 rings (SSSR count).